The Bertz CT molecular complexity index is 643. The Morgan fingerprint density at radius 1 is 1.23 bits per heavy atom. The minimum absolute atomic E-state index is 0.00255. The van der Waals surface area contributed by atoms with Crippen molar-refractivity contribution in [1.29, 1.82) is 0 Å². The molecule has 0 unspecified atom stereocenters. The van der Waals surface area contributed by atoms with E-state index in [-0.39, 0.29) is 40.8 Å². The Balaban J connectivity index is 2.01. The van der Waals surface area contributed by atoms with Crippen molar-refractivity contribution >= 4 is 20.1 Å². The molecule has 4 nitrogen and oxygen atoms in total. The monoisotopic (exact) mass is 378 g/mol. The van der Waals surface area contributed by atoms with Gasteiger partial charge in [0.15, 0.2) is 19.5 Å². The maximum absolute atomic E-state index is 13.7. The van der Waals surface area contributed by atoms with E-state index in [2.05, 4.69) is 54.3 Å². The summed E-state index contributed by atoms with van der Waals surface area (Å²) < 4.78 is 12.0. The van der Waals surface area contributed by atoms with Crippen LogP contribution in [0.2, 0.25) is 18.1 Å². The number of ether oxygens (including phenoxy) is 1. The molecule has 1 spiro atoms. The van der Waals surface area contributed by atoms with Crippen molar-refractivity contribution in [3.05, 3.63) is 12.2 Å². The van der Waals surface area contributed by atoms with Gasteiger partial charge in [0.1, 0.15) is 6.61 Å². The summed E-state index contributed by atoms with van der Waals surface area (Å²) in [5, 5.41) is 0.0850. The zero-order valence-corrected chi connectivity index (χ0v) is 18.4. The van der Waals surface area contributed by atoms with Crippen molar-refractivity contribution in [2.45, 2.75) is 78.1 Å². The smallest absolute Gasteiger partial charge is 0.324 e. The fourth-order valence-electron chi connectivity index (χ4n) is 5.02. The Hall–Kier alpha value is -0.943. The average Bonchev–Trinajstić information content (AvgIpc) is 2.92. The molecule has 1 aliphatic heterocycles. The minimum atomic E-state index is -2.01. The van der Waals surface area contributed by atoms with E-state index in [0.717, 1.165) is 12.8 Å². The molecule has 5 heteroatoms. The fourth-order valence-corrected chi connectivity index (χ4v) is 6.38. The van der Waals surface area contributed by atoms with Crippen LogP contribution in [0.3, 0.4) is 0 Å². The second kappa shape index (κ2) is 5.78. The number of Topliss-reactive ketones (excluding diaryl/α,β-unsaturated/α-hetero) is 1. The quantitative estimate of drug-likeness (QED) is 0.307. The topological polar surface area (TPSA) is 52.6 Å². The van der Waals surface area contributed by atoms with Gasteiger partial charge in [0.2, 0.25) is 0 Å². The third-order valence-electron chi connectivity index (χ3n) is 8.02. The average molecular weight is 379 g/mol. The highest BCUT2D eigenvalue weighted by Gasteiger charge is 2.70. The van der Waals surface area contributed by atoms with Crippen LogP contribution in [0.15, 0.2) is 12.2 Å². The molecule has 5 atom stereocenters. The Labute approximate surface area is 158 Å². The lowest BCUT2D eigenvalue weighted by Gasteiger charge is -2.49. The van der Waals surface area contributed by atoms with E-state index >= 15 is 0 Å². The number of rotatable bonds is 2. The van der Waals surface area contributed by atoms with Crippen molar-refractivity contribution in [3.63, 3.8) is 0 Å². The molecular formula is C21H34O4Si. The molecule has 26 heavy (non-hydrogen) atoms. The molecule has 0 radical (unpaired) electrons. The van der Waals surface area contributed by atoms with Gasteiger partial charge in [-0.3, -0.25) is 9.59 Å². The highest BCUT2D eigenvalue weighted by atomic mass is 28.4. The first kappa shape index (κ1) is 19.8. The number of carbonyl (C=O) groups is 2. The molecule has 1 saturated heterocycles. The molecule has 146 valence electrons. The van der Waals surface area contributed by atoms with Crippen molar-refractivity contribution in [2.75, 3.05) is 6.61 Å². The van der Waals surface area contributed by atoms with Gasteiger partial charge < -0.3 is 9.16 Å². The maximum Gasteiger partial charge on any atom is 0.324 e. The largest absolute Gasteiger partial charge is 0.460 e. The van der Waals surface area contributed by atoms with Crippen LogP contribution in [-0.2, 0) is 18.8 Å². The number of ketones is 1. The summed E-state index contributed by atoms with van der Waals surface area (Å²) >= 11 is 0. The van der Waals surface area contributed by atoms with E-state index in [1.807, 2.05) is 0 Å². The van der Waals surface area contributed by atoms with Gasteiger partial charge in [-0.2, -0.15) is 0 Å². The molecule has 0 N–H and O–H groups in total. The van der Waals surface area contributed by atoms with E-state index in [0.29, 0.717) is 17.9 Å². The van der Waals surface area contributed by atoms with Gasteiger partial charge in [-0.1, -0.05) is 41.2 Å². The molecule has 3 aliphatic rings. The summed E-state index contributed by atoms with van der Waals surface area (Å²) in [7, 11) is -2.01. The van der Waals surface area contributed by atoms with Gasteiger partial charge in [-0.15, -0.1) is 0 Å². The van der Waals surface area contributed by atoms with E-state index in [4.69, 9.17) is 9.16 Å². The van der Waals surface area contributed by atoms with Gasteiger partial charge in [-0.05, 0) is 54.3 Å². The van der Waals surface area contributed by atoms with Gasteiger partial charge in [0.05, 0.1) is 6.10 Å². The lowest BCUT2D eigenvalue weighted by atomic mass is 9.62. The van der Waals surface area contributed by atoms with Crippen LogP contribution in [0.4, 0.5) is 0 Å². The molecule has 0 aromatic rings. The first-order valence-electron chi connectivity index (χ1n) is 9.85. The number of fused-ring (bicyclic) bond motifs is 1. The Kier molecular flexibility index (Phi) is 4.40. The van der Waals surface area contributed by atoms with E-state index in [1.165, 1.54) is 0 Å². The van der Waals surface area contributed by atoms with Crippen molar-refractivity contribution < 1.29 is 18.8 Å². The summed E-state index contributed by atoms with van der Waals surface area (Å²) in [6.07, 6.45) is 2.33. The normalized spacial score (nSPS) is 40.9. The summed E-state index contributed by atoms with van der Waals surface area (Å²) in [5.41, 5.74) is -0.733. The molecule has 0 aromatic heterocycles. The fraction of sp³-hybridized carbons (Fsp3) is 0.810. The van der Waals surface area contributed by atoms with Crippen LogP contribution in [0.5, 0.6) is 0 Å². The standard InChI is InChI=1S/C21H34O4Si/c1-13-9-10-15(25-26(7,8)19(3,4)5)16-17(22)21(12-20(13,16)6)14(2)11-24-18(21)23/h13,15-16H,2,9-12H2,1,3-8H3/t13-,15-,16+,20+,21-/m0/s1. The zero-order valence-electron chi connectivity index (χ0n) is 17.4. The minimum Gasteiger partial charge on any atom is -0.460 e. The van der Waals surface area contributed by atoms with Gasteiger partial charge in [-0.25, -0.2) is 0 Å². The molecule has 0 amide bonds. The third-order valence-corrected chi connectivity index (χ3v) is 12.5. The Morgan fingerprint density at radius 3 is 2.35 bits per heavy atom. The number of cyclic esters (lactones) is 1. The van der Waals surface area contributed by atoms with Crippen molar-refractivity contribution in [2.24, 2.45) is 22.7 Å². The lowest BCUT2D eigenvalue weighted by Crippen LogP contribution is -2.52. The summed E-state index contributed by atoms with van der Waals surface area (Å²) in [6, 6.07) is 0. The van der Waals surface area contributed by atoms with Crippen LogP contribution in [0.25, 0.3) is 0 Å². The molecule has 0 bridgehead atoms. The van der Waals surface area contributed by atoms with E-state index < -0.39 is 13.7 Å². The predicted molar refractivity (Wildman–Crippen MR) is 104 cm³/mol. The number of hydrogen-bond acceptors (Lipinski definition) is 4. The van der Waals surface area contributed by atoms with Crippen LogP contribution < -0.4 is 0 Å². The molecule has 2 saturated carbocycles. The third kappa shape index (κ3) is 2.49. The molecule has 3 fully saturated rings. The van der Waals surface area contributed by atoms with Gasteiger partial charge in [0.25, 0.3) is 0 Å². The van der Waals surface area contributed by atoms with Crippen LogP contribution in [-0.4, -0.2) is 32.8 Å². The predicted octanol–water partition coefficient (Wildman–Crippen LogP) is 4.50. The number of esters is 1. The van der Waals surface area contributed by atoms with Crippen molar-refractivity contribution in [3.8, 4) is 0 Å². The zero-order chi connectivity index (χ0) is 19.7. The maximum atomic E-state index is 13.7. The summed E-state index contributed by atoms with van der Waals surface area (Å²) in [5.74, 6) is -0.261. The summed E-state index contributed by atoms with van der Waals surface area (Å²) in [6.45, 7) is 19.7. The molecule has 0 aromatic carbocycles. The lowest BCUT2D eigenvalue weighted by molar-refractivity contribution is -0.150. The number of hydrogen-bond donors (Lipinski definition) is 0. The first-order valence-corrected chi connectivity index (χ1v) is 12.8. The van der Waals surface area contributed by atoms with Gasteiger partial charge >= 0.3 is 5.97 Å². The summed E-state index contributed by atoms with van der Waals surface area (Å²) in [4.78, 5) is 26.3. The first-order chi connectivity index (χ1) is 11.8. The molecule has 3 rings (SSSR count). The Morgan fingerprint density at radius 2 is 1.85 bits per heavy atom. The van der Waals surface area contributed by atoms with Gasteiger partial charge in [0, 0.05) is 5.92 Å². The molecule has 2 aliphatic carbocycles. The van der Waals surface area contributed by atoms with Crippen molar-refractivity contribution in [1.82, 2.24) is 0 Å². The number of carbonyl (C=O) groups excluding carboxylic acids is 2. The van der Waals surface area contributed by atoms with Crippen LogP contribution >= 0.6 is 0 Å². The molecule has 1 heterocycles. The second-order valence-corrected chi connectivity index (χ2v) is 15.3. The molecular weight excluding hydrogens is 344 g/mol. The van der Waals surface area contributed by atoms with E-state index in [1.54, 1.807) is 0 Å². The second-order valence-electron chi connectivity index (χ2n) is 10.5. The van der Waals surface area contributed by atoms with Crippen LogP contribution in [0.1, 0.15) is 53.9 Å². The van der Waals surface area contributed by atoms with Crippen LogP contribution in [0, 0.1) is 22.7 Å². The highest BCUT2D eigenvalue weighted by molar-refractivity contribution is 6.74. The SMILES string of the molecule is C=C1COC(=O)[C@@]12C[C@]1(C)[C@@H](C)CC[C@H](O[Si](C)(C)C(C)(C)C)[C@@H]1C2=O. The van der Waals surface area contributed by atoms with E-state index in [9.17, 15) is 9.59 Å². The highest BCUT2D eigenvalue weighted by Crippen LogP contribution is 2.63.